The molecule has 0 atom stereocenters. The Kier molecular flexibility index (Phi) is 17.2. The van der Waals surface area contributed by atoms with E-state index in [2.05, 4.69) is 358 Å². The topological polar surface area (TPSA) is 97.1 Å². The number of hydrogen-bond acceptors (Lipinski definition) is 8. The van der Waals surface area contributed by atoms with Crippen molar-refractivity contribution in [1.29, 1.82) is 0 Å². The molecule has 0 saturated heterocycles. The van der Waals surface area contributed by atoms with Gasteiger partial charge in [0, 0.05) is 130 Å². The first kappa shape index (κ1) is 75.0. The normalized spacial score (nSPS) is 11.9. The quantitative estimate of drug-likeness (QED) is 0.120. The van der Waals surface area contributed by atoms with Crippen LogP contribution in [0.1, 0.15) is 0 Å². The van der Waals surface area contributed by atoms with Gasteiger partial charge in [0.25, 0.3) is 0 Å². The third-order valence-corrected chi connectivity index (χ3v) is 28.9. The molecule has 614 valence electrons. The van der Waals surface area contributed by atoms with Crippen LogP contribution in [-0.4, -0.2) is 48.2 Å². The van der Waals surface area contributed by atoms with E-state index in [9.17, 15) is 0 Å². The minimum atomic E-state index is 0.636. The molecule has 0 spiro atoms. The molecule has 0 amide bonds. The molecule has 0 aliphatic carbocycles. The fourth-order valence-corrected chi connectivity index (χ4v) is 22.9. The van der Waals surface area contributed by atoms with Crippen molar-refractivity contribution in [1.82, 2.24) is 48.2 Å². The Morgan fingerprint density at radius 2 is 0.394 bits per heavy atom. The van der Waals surface area contributed by atoms with Gasteiger partial charge in [-0.25, -0.2) is 29.9 Å². The minimum Gasteiger partial charge on any atom is -0.309 e. The van der Waals surface area contributed by atoms with Crippen LogP contribution in [0.2, 0.25) is 0 Å². The number of benzene rings is 20. The van der Waals surface area contributed by atoms with Gasteiger partial charge in [0.05, 0.1) is 53.5 Å². The highest BCUT2D eigenvalue weighted by Gasteiger charge is 2.26. The van der Waals surface area contributed by atoms with Crippen LogP contribution in [0.4, 0.5) is 0 Å². The van der Waals surface area contributed by atoms with Gasteiger partial charge in [-0.1, -0.05) is 334 Å². The summed E-state index contributed by atoms with van der Waals surface area (Å²) in [5.41, 5.74) is 22.1. The molecule has 132 heavy (non-hydrogen) atoms. The highest BCUT2D eigenvalue weighted by Crippen LogP contribution is 2.49. The Hall–Kier alpha value is -17.2. The zero-order valence-electron chi connectivity index (χ0n) is 70.9. The van der Waals surface area contributed by atoms with Crippen LogP contribution in [0, 0.1) is 0 Å². The SMILES string of the molecule is c1ccc(-c2nc(-c3ccccc3)nc(-c3ccc(-c4ccc(-n5c6ccccc6c6cc(-n7c8ccccc8c8ccc9c%10ccccc%10sc9c87)ccc65)cc4)cc3)n2)cc1.c1ccc(-c2nc(-c3ccccc3)nc(-c3ccc4c5ccccc5c5ccc(-n6c7ccccc7c7cc(-n8c9ccccc9c9ccc%10c%11ccccc%11sc%10c98)ccc76)cc5c4c3)n2)cc1. The van der Waals surface area contributed by atoms with Crippen molar-refractivity contribution in [3.8, 4) is 102 Å². The number of fused-ring (bicyclic) bond motifs is 26. The summed E-state index contributed by atoms with van der Waals surface area (Å²) in [6.45, 7) is 0. The maximum atomic E-state index is 5.13. The molecule has 0 aliphatic rings. The number of para-hydroxylation sites is 4. The van der Waals surface area contributed by atoms with Crippen molar-refractivity contribution in [3.05, 3.63) is 437 Å². The second kappa shape index (κ2) is 30.3. The monoisotopic (exact) mass is 1720 g/mol. The van der Waals surface area contributed by atoms with Gasteiger partial charge in [0.2, 0.25) is 0 Å². The maximum absolute atomic E-state index is 5.13. The molecule has 28 rings (SSSR count). The van der Waals surface area contributed by atoms with Crippen molar-refractivity contribution in [2.24, 2.45) is 0 Å². The molecule has 12 heteroatoms. The van der Waals surface area contributed by atoms with Crippen molar-refractivity contribution in [2.75, 3.05) is 0 Å². The fraction of sp³-hybridized carbons (Fsp3) is 0. The molecule has 8 heterocycles. The summed E-state index contributed by atoms with van der Waals surface area (Å²) in [4.78, 5) is 30.0. The van der Waals surface area contributed by atoms with Gasteiger partial charge >= 0.3 is 0 Å². The van der Waals surface area contributed by atoms with Gasteiger partial charge in [0.15, 0.2) is 34.9 Å². The summed E-state index contributed by atoms with van der Waals surface area (Å²) in [6.07, 6.45) is 0. The lowest BCUT2D eigenvalue weighted by Crippen LogP contribution is -2.00. The summed E-state index contributed by atoms with van der Waals surface area (Å²) in [7, 11) is 0. The summed E-state index contributed by atoms with van der Waals surface area (Å²) >= 11 is 3.78. The van der Waals surface area contributed by atoms with Crippen molar-refractivity contribution in [3.63, 3.8) is 0 Å². The van der Waals surface area contributed by atoms with E-state index in [4.69, 9.17) is 29.9 Å². The smallest absolute Gasteiger partial charge is 0.164 e. The van der Waals surface area contributed by atoms with E-state index in [1.54, 1.807) is 0 Å². The van der Waals surface area contributed by atoms with Gasteiger partial charge in [-0.15, -0.1) is 22.7 Å². The van der Waals surface area contributed by atoms with Crippen molar-refractivity contribution < 1.29 is 0 Å². The lowest BCUT2D eigenvalue weighted by Gasteiger charge is -2.15. The van der Waals surface area contributed by atoms with Crippen LogP contribution in [0.25, 0.3) is 262 Å². The molecule has 0 N–H and O–H groups in total. The predicted octanol–water partition coefficient (Wildman–Crippen LogP) is 32.0. The van der Waals surface area contributed by atoms with Crippen LogP contribution in [0.3, 0.4) is 0 Å². The Labute approximate surface area is 764 Å². The Bertz CT molecular complexity index is 9470. The number of nitrogens with zero attached hydrogens (tertiary/aromatic N) is 10. The summed E-state index contributed by atoms with van der Waals surface area (Å²) in [5.74, 6) is 3.88. The van der Waals surface area contributed by atoms with E-state index in [0.717, 1.165) is 83.7 Å². The number of rotatable bonds is 11. The lowest BCUT2D eigenvalue weighted by molar-refractivity contribution is 1.07. The first-order valence-electron chi connectivity index (χ1n) is 44.5. The van der Waals surface area contributed by atoms with E-state index in [0.29, 0.717) is 34.9 Å². The lowest BCUT2D eigenvalue weighted by atomic mass is 9.93. The van der Waals surface area contributed by atoms with Crippen LogP contribution >= 0.6 is 22.7 Å². The first-order chi connectivity index (χ1) is 65.4. The van der Waals surface area contributed by atoms with E-state index in [1.165, 1.54) is 143 Å². The van der Waals surface area contributed by atoms with Crippen molar-refractivity contribution in [2.45, 2.75) is 0 Å². The summed E-state index contributed by atoms with van der Waals surface area (Å²) in [5, 5.41) is 22.3. The van der Waals surface area contributed by atoms with Gasteiger partial charge in [-0.05, 0) is 147 Å². The van der Waals surface area contributed by atoms with Gasteiger partial charge in [-0.3, -0.25) is 0 Å². The summed E-state index contributed by atoms with van der Waals surface area (Å²) in [6, 6.07) is 157. The Morgan fingerprint density at radius 3 is 0.818 bits per heavy atom. The number of thiophene rings is 2. The first-order valence-corrected chi connectivity index (χ1v) is 46.2. The highest BCUT2D eigenvalue weighted by molar-refractivity contribution is 7.27. The van der Waals surface area contributed by atoms with Crippen LogP contribution in [-0.2, 0) is 0 Å². The zero-order valence-corrected chi connectivity index (χ0v) is 72.5. The maximum Gasteiger partial charge on any atom is 0.164 e. The zero-order chi connectivity index (χ0) is 86.6. The second-order valence-corrected chi connectivity index (χ2v) is 36.0. The highest BCUT2D eigenvalue weighted by atomic mass is 32.1. The second-order valence-electron chi connectivity index (χ2n) is 33.9. The molecule has 28 aromatic rings. The van der Waals surface area contributed by atoms with Crippen LogP contribution in [0.15, 0.2) is 437 Å². The standard InChI is InChI=1S/C63H37N5S.C57H35N5S/c1-3-15-38(16-4-1)61-64-62(39-17-5-2-6-18-39)66-63(65-61)40-27-30-45-43-19-7-8-20-44(43)46-31-28-41(36-53(46)52(45)35-40)67-55-24-12-10-22-48(55)54-37-42(29-34-57(54)67)68-56-25-13-9-21-47(56)50-32-33-51-49-23-11-14-26-58(49)69-60(51)59(50)68;1-3-13-38(14-4-1)55-58-56(39-15-5-2-6-16-39)60-57(59-55)40-25-23-36(24-26-40)37-27-29-41(30-28-37)61-49-20-10-8-18-44(49)48-35-42(31-34-51(48)61)62-50-21-11-7-17-43(50)46-32-33-47-45-19-9-12-22-52(45)63-54(47)53(46)62/h1-37H;1-35H. The van der Waals surface area contributed by atoms with Gasteiger partial charge < -0.3 is 18.3 Å². The van der Waals surface area contributed by atoms with Crippen LogP contribution in [0.5, 0.6) is 0 Å². The molecule has 0 bridgehead atoms. The molecular weight excluding hydrogens is 1650 g/mol. The third-order valence-electron chi connectivity index (χ3n) is 26.5. The summed E-state index contributed by atoms with van der Waals surface area (Å²) < 4.78 is 15.1. The average molecular weight is 1720 g/mol. The predicted molar refractivity (Wildman–Crippen MR) is 553 cm³/mol. The van der Waals surface area contributed by atoms with Crippen LogP contribution < -0.4 is 0 Å². The Balaban J connectivity index is 0.000000136. The van der Waals surface area contributed by atoms with Gasteiger partial charge in [-0.2, -0.15) is 0 Å². The van der Waals surface area contributed by atoms with E-state index < -0.39 is 0 Å². The van der Waals surface area contributed by atoms with Gasteiger partial charge in [0.1, 0.15) is 0 Å². The molecule has 0 unspecified atom stereocenters. The van der Waals surface area contributed by atoms with E-state index >= 15 is 0 Å². The largest absolute Gasteiger partial charge is 0.309 e. The van der Waals surface area contributed by atoms with E-state index in [1.807, 2.05) is 120 Å². The number of aromatic nitrogens is 10. The molecule has 8 aromatic heterocycles. The fourth-order valence-electron chi connectivity index (χ4n) is 20.5. The number of hydrogen-bond donors (Lipinski definition) is 0. The third kappa shape index (κ3) is 12.1. The molecule has 20 aromatic carbocycles. The minimum absolute atomic E-state index is 0.636. The van der Waals surface area contributed by atoms with E-state index in [-0.39, 0.29) is 0 Å². The van der Waals surface area contributed by atoms with Crippen molar-refractivity contribution >= 4 is 183 Å². The molecule has 0 radical (unpaired) electrons. The average Bonchev–Trinajstić information content (AvgIpc) is 1.39. The molecule has 0 saturated carbocycles. The molecule has 0 fully saturated rings. The molecule has 0 aliphatic heterocycles. The molecule has 10 nitrogen and oxygen atoms in total. The Morgan fingerprint density at radius 1 is 0.144 bits per heavy atom. The molecular formula is C120H72N10S2.